The highest BCUT2D eigenvalue weighted by Crippen LogP contribution is 2.34. The van der Waals surface area contributed by atoms with Gasteiger partial charge in [-0.25, -0.2) is 10.2 Å². The Morgan fingerprint density at radius 3 is 2.33 bits per heavy atom. The molecule has 0 radical (unpaired) electrons. The number of carbonyl (C=O) groups excluding carboxylic acids is 2. The van der Waals surface area contributed by atoms with Crippen molar-refractivity contribution in [1.82, 2.24) is 10.9 Å². The van der Waals surface area contributed by atoms with Crippen LogP contribution in [0.1, 0.15) is 9.67 Å². The van der Waals surface area contributed by atoms with Crippen LogP contribution in [0.5, 0.6) is 0 Å². The number of anilines is 1. The van der Waals surface area contributed by atoms with Gasteiger partial charge in [0, 0.05) is 15.5 Å². The molecule has 0 saturated heterocycles. The predicted molar refractivity (Wildman–Crippen MR) is 110 cm³/mol. The fourth-order valence-electron chi connectivity index (χ4n) is 2.82. The Labute approximate surface area is 163 Å². The molecule has 3 amide bonds. The fourth-order valence-corrected chi connectivity index (χ4v) is 4.23. The smallest absolute Gasteiger partial charge is 0.306 e. The fraction of sp³-hybridized carbons (Fsp3) is 0. The summed E-state index contributed by atoms with van der Waals surface area (Å²) in [4.78, 5) is 24.9. The number of hydrogen-bond acceptors (Lipinski definition) is 3. The van der Waals surface area contributed by atoms with Crippen LogP contribution in [-0.2, 0) is 0 Å². The quantitative estimate of drug-likeness (QED) is 0.409. The monoisotopic (exact) mass is 395 g/mol. The van der Waals surface area contributed by atoms with Crippen molar-refractivity contribution < 1.29 is 9.59 Å². The van der Waals surface area contributed by atoms with Gasteiger partial charge in [0.25, 0.3) is 5.91 Å². The van der Waals surface area contributed by atoms with Gasteiger partial charge in [0.2, 0.25) is 0 Å². The minimum absolute atomic E-state index is 0.350. The molecule has 0 aliphatic heterocycles. The van der Waals surface area contributed by atoms with Gasteiger partial charge in [-0.1, -0.05) is 66.2 Å². The van der Waals surface area contributed by atoms with E-state index in [1.807, 2.05) is 60.7 Å². The second kappa shape index (κ2) is 7.26. The number of benzene rings is 3. The molecule has 5 nitrogen and oxygen atoms in total. The van der Waals surface area contributed by atoms with Crippen LogP contribution >= 0.6 is 22.9 Å². The summed E-state index contributed by atoms with van der Waals surface area (Å²) < 4.78 is 0.910. The highest BCUT2D eigenvalue weighted by molar-refractivity contribution is 7.21. The molecule has 134 valence electrons. The number of rotatable bonds is 2. The SMILES string of the molecule is O=C(NNC(=O)c1sc2ccccc2c1Cl)Nc1cccc2ccccc12. The Hall–Kier alpha value is -3.09. The number of halogens is 1. The normalized spacial score (nSPS) is 10.7. The minimum atomic E-state index is -0.545. The molecule has 7 heteroatoms. The van der Waals surface area contributed by atoms with Crippen molar-refractivity contribution in [2.75, 3.05) is 5.32 Å². The number of thiophene rings is 1. The molecule has 0 unspecified atom stereocenters. The van der Waals surface area contributed by atoms with Gasteiger partial charge < -0.3 is 5.32 Å². The van der Waals surface area contributed by atoms with E-state index < -0.39 is 11.9 Å². The second-order valence-electron chi connectivity index (χ2n) is 5.80. The third-order valence-corrected chi connectivity index (χ3v) is 5.74. The summed E-state index contributed by atoms with van der Waals surface area (Å²) in [6.07, 6.45) is 0. The zero-order chi connectivity index (χ0) is 18.8. The largest absolute Gasteiger partial charge is 0.337 e. The summed E-state index contributed by atoms with van der Waals surface area (Å²) >= 11 is 7.56. The van der Waals surface area contributed by atoms with Gasteiger partial charge in [-0.15, -0.1) is 11.3 Å². The van der Waals surface area contributed by atoms with E-state index in [0.29, 0.717) is 15.6 Å². The van der Waals surface area contributed by atoms with E-state index in [1.54, 1.807) is 6.07 Å². The highest BCUT2D eigenvalue weighted by Gasteiger charge is 2.17. The zero-order valence-electron chi connectivity index (χ0n) is 14.0. The van der Waals surface area contributed by atoms with Crippen molar-refractivity contribution >= 4 is 61.4 Å². The number of nitrogens with one attached hydrogen (secondary N) is 3. The van der Waals surface area contributed by atoms with E-state index in [0.717, 1.165) is 20.9 Å². The molecule has 1 heterocycles. The van der Waals surface area contributed by atoms with Gasteiger partial charge in [0.15, 0.2) is 0 Å². The molecule has 1 aromatic heterocycles. The zero-order valence-corrected chi connectivity index (χ0v) is 15.5. The van der Waals surface area contributed by atoms with Crippen molar-refractivity contribution in [3.63, 3.8) is 0 Å². The molecule has 3 N–H and O–H groups in total. The van der Waals surface area contributed by atoms with Crippen molar-refractivity contribution in [2.45, 2.75) is 0 Å². The molecule has 0 aliphatic carbocycles. The number of hydrogen-bond donors (Lipinski definition) is 3. The average molecular weight is 396 g/mol. The summed E-state index contributed by atoms with van der Waals surface area (Å²) in [5, 5.41) is 5.85. The van der Waals surface area contributed by atoms with Crippen LogP contribution in [0.25, 0.3) is 20.9 Å². The molecule has 0 atom stereocenters. The molecule has 0 saturated carbocycles. The summed E-state index contributed by atoms with van der Waals surface area (Å²) in [5.41, 5.74) is 5.41. The van der Waals surface area contributed by atoms with Crippen LogP contribution < -0.4 is 16.2 Å². The molecule has 0 spiro atoms. The van der Waals surface area contributed by atoms with Crippen molar-refractivity contribution in [3.05, 3.63) is 76.6 Å². The van der Waals surface area contributed by atoms with Gasteiger partial charge >= 0.3 is 6.03 Å². The summed E-state index contributed by atoms with van der Waals surface area (Å²) in [6.45, 7) is 0. The Kier molecular flexibility index (Phi) is 4.66. The maximum atomic E-state index is 12.4. The second-order valence-corrected chi connectivity index (χ2v) is 7.23. The maximum absolute atomic E-state index is 12.4. The average Bonchev–Trinajstić information content (AvgIpc) is 3.03. The van der Waals surface area contributed by atoms with Crippen LogP contribution in [0.3, 0.4) is 0 Å². The lowest BCUT2D eigenvalue weighted by molar-refractivity contribution is 0.0942. The van der Waals surface area contributed by atoms with Crippen LogP contribution in [0, 0.1) is 0 Å². The van der Waals surface area contributed by atoms with Gasteiger partial charge in [-0.2, -0.15) is 0 Å². The van der Waals surface area contributed by atoms with Crippen molar-refractivity contribution in [2.24, 2.45) is 0 Å². The number of carbonyl (C=O) groups is 2. The lowest BCUT2D eigenvalue weighted by atomic mass is 10.1. The van der Waals surface area contributed by atoms with E-state index >= 15 is 0 Å². The Morgan fingerprint density at radius 2 is 1.52 bits per heavy atom. The van der Waals surface area contributed by atoms with E-state index in [2.05, 4.69) is 16.2 Å². The number of urea groups is 1. The van der Waals surface area contributed by atoms with Crippen LogP contribution in [0.4, 0.5) is 10.5 Å². The van der Waals surface area contributed by atoms with E-state index in [-0.39, 0.29) is 0 Å². The minimum Gasteiger partial charge on any atom is -0.306 e. The van der Waals surface area contributed by atoms with Crippen LogP contribution in [0.2, 0.25) is 5.02 Å². The first-order valence-corrected chi connectivity index (χ1v) is 9.35. The lowest BCUT2D eigenvalue weighted by Crippen LogP contribution is -2.43. The van der Waals surface area contributed by atoms with Crippen LogP contribution in [0.15, 0.2) is 66.7 Å². The molecule has 0 bridgehead atoms. The molecule has 3 aromatic carbocycles. The van der Waals surface area contributed by atoms with E-state index in [1.165, 1.54) is 11.3 Å². The Balaban J connectivity index is 1.45. The molecule has 4 rings (SSSR count). The number of fused-ring (bicyclic) bond motifs is 2. The summed E-state index contributed by atoms with van der Waals surface area (Å²) in [7, 11) is 0. The number of hydrazine groups is 1. The predicted octanol–water partition coefficient (Wildman–Crippen LogP) is 5.17. The lowest BCUT2D eigenvalue weighted by Gasteiger charge is -2.10. The van der Waals surface area contributed by atoms with E-state index in [4.69, 9.17) is 11.6 Å². The van der Waals surface area contributed by atoms with Gasteiger partial charge in [0.1, 0.15) is 4.88 Å². The van der Waals surface area contributed by atoms with Crippen molar-refractivity contribution in [3.8, 4) is 0 Å². The highest BCUT2D eigenvalue weighted by atomic mass is 35.5. The Bertz CT molecular complexity index is 1170. The summed E-state index contributed by atoms with van der Waals surface area (Å²) in [5.74, 6) is -0.464. The third-order valence-electron chi connectivity index (χ3n) is 4.07. The molecule has 27 heavy (non-hydrogen) atoms. The first kappa shape index (κ1) is 17.3. The van der Waals surface area contributed by atoms with Gasteiger partial charge in [-0.05, 0) is 17.5 Å². The summed E-state index contributed by atoms with van der Waals surface area (Å²) in [6, 6.07) is 20.3. The van der Waals surface area contributed by atoms with Gasteiger partial charge in [0.05, 0.1) is 10.7 Å². The molecular weight excluding hydrogens is 382 g/mol. The molecular formula is C20H14ClN3O2S. The van der Waals surface area contributed by atoms with Crippen molar-refractivity contribution in [1.29, 1.82) is 0 Å². The van der Waals surface area contributed by atoms with Gasteiger partial charge in [-0.3, -0.25) is 10.2 Å². The molecule has 0 aliphatic rings. The first-order valence-electron chi connectivity index (χ1n) is 8.15. The molecule has 4 aromatic rings. The topological polar surface area (TPSA) is 70.2 Å². The number of amides is 3. The standard InChI is InChI=1S/C20H14ClN3O2S/c21-17-14-9-3-4-11-16(14)27-18(17)19(25)23-24-20(26)22-15-10-5-7-12-6-1-2-8-13(12)15/h1-11H,(H,23,25)(H2,22,24,26). The first-order chi connectivity index (χ1) is 13.1. The Morgan fingerprint density at radius 1 is 0.815 bits per heavy atom. The van der Waals surface area contributed by atoms with E-state index in [9.17, 15) is 9.59 Å². The maximum Gasteiger partial charge on any atom is 0.337 e. The van der Waals surface area contributed by atoms with Crippen LogP contribution in [-0.4, -0.2) is 11.9 Å². The third kappa shape index (κ3) is 3.45. The molecule has 0 fully saturated rings.